The summed E-state index contributed by atoms with van der Waals surface area (Å²) >= 11 is 0. The molecule has 72 heavy (non-hydrogen) atoms. The first-order valence-electron chi connectivity index (χ1n) is 25.8. The number of rotatable bonds is 10. The fraction of sp³-hybridized carbons (Fsp3) is 0.206. The van der Waals surface area contributed by atoms with E-state index in [1.165, 1.54) is 90.6 Å². The number of alkyl halides is 3. The Labute approximate surface area is 423 Å². The van der Waals surface area contributed by atoms with E-state index in [1.54, 1.807) is 54.6 Å². The Morgan fingerprint density at radius 3 is 0.931 bits per heavy atom. The van der Waals surface area contributed by atoms with E-state index in [1.807, 2.05) is 36.4 Å². The molecule has 2 aliphatic heterocycles. The Morgan fingerprint density at radius 2 is 0.611 bits per heavy atom. The lowest BCUT2D eigenvalue weighted by Crippen LogP contribution is -2.58. The van der Waals surface area contributed by atoms with Crippen LogP contribution in [-0.2, 0) is 10.8 Å². The van der Waals surface area contributed by atoms with Crippen LogP contribution in [0.3, 0.4) is 0 Å². The molecule has 1 unspecified atom stereocenters. The van der Waals surface area contributed by atoms with Gasteiger partial charge in [-0.3, -0.25) is 0 Å². The van der Waals surface area contributed by atoms with Gasteiger partial charge in [0.25, 0.3) is 0 Å². The summed E-state index contributed by atoms with van der Waals surface area (Å²) in [5.74, 6) is 0. The predicted octanol–water partition coefficient (Wildman–Crippen LogP) is 17.9. The minimum atomic E-state index is -4.65. The van der Waals surface area contributed by atoms with Gasteiger partial charge in [-0.05, 0) is 115 Å². The Kier molecular flexibility index (Phi) is 12.7. The number of nitrogens with zero attached hydrogens (tertiary/aromatic N) is 1. The highest BCUT2D eigenvalue weighted by Crippen LogP contribution is 2.52. The van der Waals surface area contributed by atoms with Crippen molar-refractivity contribution < 1.29 is 17.7 Å². The van der Waals surface area contributed by atoms with Crippen molar-refractivity contribution in [3.8, 4) is 66.8 Å². The highest BCUT2D eigenvalue weighted by Gasteiger charge is 2.58. The van der Waals surface area contributed by atoms with Crippen LogP contribution in [0.5, 0.6) is 0 Å². The van der Waals surface area contributed by atoms with Gasteiger partial charge in [-0.1, -0.05) is 237 Å². The molecule has 2 fully saturated rings. The normalized spacial score (nSPS) is 16.2. The number of benzene rings is 9. The molecule has 2 aliphatic rings. The second-order valence-corrected chi connectivity index (χ2v) is 20.9. The third-order valence-electron chi connectivity index (χ3n) is 16.5. The second kappa shape index (κ2) is 19.4. The van der Waals surface area contributed by atoms with Gasteiger partial charge >= 0.3 is 6.18 Å². The predicted molar refractivity (Wildman–Crippen MR) is 293 cm³/mol. The molecule has 1 nitrogen and oxygen atoms in total. The van der Waals surface area contributed by atoms with E-state index in [-0.39, 0.29) is 22.1 Å². The molecule has 2 heterocycles. The molecule has 0 saturated carbocycles. The lowest BCUT2D eigenvalue weighted by molar-refractivity contribution is -0.938. The molecule has 0 amide bonds. The Balaban J connectivity index is 0.795. The van der Waals surface area contributed by atoms with E-state index < -0.39 is 11.6 Å². The van der Waals surface area contributed by atoms with Crippen molar-refractivity contribution in [1.82, 2.24) is 0 Å². The number of quaternary nitrogens is 1. The van der Waals surface area contributed by atoms with Gasteiger partial charge in [-0.2, -0.15) is 13.2 Å². The maximum atomic E-state index is 16.1. The summed E-state index contributed by atoms with van der Waals surface area (Å²) in [6.45, 7) is 9.92. The summed E-state index contributed by atoms with van der Waals surface area (Å²) in [5.41, 5.74) is 13.7. The summed E-state index contributed by atoms with van der Waals surface area (Å²) < 4.78 is 49.7. The fourth-order valence-electron chi connectivity index (χ4n) is 11.9. The third kappa shape index (κ3) is 9.14. The molecule has 0 N–H and O–H groups in total. The zero-order valence-electron chi connectivity index (χ0n) is 41.3. The van der Waals surface area contributed by atoms with Crippen LogP contribution in [0, 0.1) is 6.92 Å². The second-order valence-electron chi connectivity index (χ2n) is 20.9. The fourth-order valence-corrected chi connectivity index (χ4v) is 11.9. The first-order valence-corrected chi connectivity index (χ1v) is 25.8. The van der Waals surface area contributed by atoms with Crippen molar-refractivity contribution in [1.29, 1.82) is 0 Å². The lowest BCUT2D eigenvalue weighted by Gasteiger charge is -2.49. The van der Waals surface area contributed by atoms with Crippen LogP contribution in [-0.4, -0.2) is 36.8 Å². The monoisotopic (exact) mass is 948 g/mol. The molecule has 2 saturated heterocycles. The molecule has 1 atom stereocenters. The van der Waals surface area contributed by atoms with Crippen molar-refractivity contribution in [3.63, 3.8) is 0 Å². The molecule has 0 aromatic heterocycles. The molecule has 1 spiro atoms. The summed E-state index contributed by atoms with van der Waals surface area (Å²) in [4.78, 5) is 0. The first kappa shape index (κ1) is 47.1. The van der Waals surface area contributed by atoms with E-state index >= 15 is 13.2 Å². The van der Waals surface area contributed by atoms with E-state index in [0.717, 1.165) is 50.1 Å². The van der Waals surface area contributed by atoms with Gasteiger partial charge in [-0.25, -0.2) is 0 Å². The number of hydrogen-bond donors (Lipinski definition) is 0. The van der Waals surface area contributed by atoms with Crippen LogP contribution in [0.25, 0.3) is 66.8 Å². The van der Waals surface area contributed by atoms with Gasteiger partial charge in [0.2, 0.25) is 0 Å². The van der Waals surface area contributed by atoms with Crippen molar-refractivity contribution in [3.05, 3.63) is 252 Å². The van der Waals surface area contributed by atoms with Gasteiger partial charge in [0, 0.05) is 18.3 Å². The van der Waals surface area contributed by atoms with Gasteiger partial charge in [-0.15, -0.1) is 0 Å². The molecule has 0 aliphatic carbocycles. The number of halogens is 3. The van der Waals surface area contributed by atoms with Gasteiger partial charge in [0.1, 0.15) is 5.41 Å². The average Bonchev–Trinajstić information content (AvgIpc) is 3.43. The topological polar surface area (TPSA) is 0 Å². The van der Waals surface area contributed by atoms with Crippen LogP contribution in [0.1, 0.15) is 66.8 Å². The standard InChI is InChI=1S/C68H61F3N/c1-49-11-13-50(14-12-49)51-15-17-52(18-16-51)54-21-27-57(28-22-54)60-33-39-64(40-34-60)67(68(69,70)71,63-9-5-3-6-10-63)65-41-35-61(36-42-65)58-29-23-55(24-30-58)53-19-25-56(26-20-53)59-31-37-62(38-32-59)66(2)43-47-72(48-44-66)45-7-4-8-46-72/h3,5-6,9-42H,4,7-8,43-48H2,1-2H3/q+1. The molecule has 9 aromatic carbocycles. The van der Waals surface area contributed by atoms with Gasteiger partial charge in [0.05, 0.1) is 26.2 Å². The molecule has 11 rings (SSSR count). The Hall–Kier alpha value is -7.27. The minimum Gasteiger partial charge on any atom is -0.324 e. The van der Waals surface area contributed by atoms with Crippen LogP contribution in [0.2, 0.25) is 0 Å². The minimum absolute atomic E-state index is 0.163. The number of aryl methyl sites for hydroxylation is 1. The average molecular weight is 949 g/mol. The molecular weight excluding hydrogens is 888 g/mol. The molecule has 0 radical (unpaired) electrons. The van der Waals surface area contributed by atoms with Crippen molar-refractivity contribution >= 4 is 0 Å². The van der Waals surface area contributed by atoms with Crippen LogP contribution in [0.15, 0.2) is 224 Å². The number of piperidine rings is 2. The maximum Gasteiger partial charge on any atom is 0.406 e. The number of hydrogen-bond acceptors (Lipinski definition) is 0. The summed E-state index contributed by atoms with van der Waals surface area (Å²) in [6.07, 6.45) is 2.05. The van der Waals surface area contributed by atoms with Gasteiger partial charge in [0.15, 0.2) is 0 Å². The summed E-state index contributed by atoms with van der Waals surface area (Å²) in [5, 5.41) is 0. The Bertz CT molecular complexity index is 3230. The van der Waals surface area contributed by atoms with E-state index in [2.05, 4.69) is 147 Å². The summed E-state index contributed by atoms with van der Waals surface area (Å²) in [7, 11) is 0. The third-order valence-corrected chi connectivity index (χ3v) is 16.5. The quantitative estimate of drug-likeness (QED) is 0.0947. The maximum absolute atomic E-state index is 16.1. The Morgan fingerprint density at radius 1 is 0.333 bits per heavy atom. The highest BCUT2D eigenvalue weighted by molar-refractivity contribution is 5.76. The van der Waals surface area contributed by atoms with Crippen LogP contribution >= 0.6 is 0 Å². The van der Waals surface area contributed by atoms with Crippen molar-refractivity contribution in [2.45, 2.75) is 63.0 Å². The largest absolute Gasteiger partial charge is 0.406 e. The zero-order valence-corrected chi connectivity index (χ0v) is 41.3. The molecule has 9 aromatic rings. The van der Waals surface area contributed by atoms with Crippen molar-refractivity contribution in [2.24, 2.45) is 0 Å². The van der Waals surface area contributed by atoms with Crippen LogP contribution in [0.4, 0.5) is 13.2 Å². The van der Waals surface area contributed by atoms with E-state index in [0.29, 0.717) is 0 Å². The van der Waals surface area contributed by atoms with Gasteiger partial charge < -0.3 is 4.48 Å². The van der Waals surface area contributed by atoms with Crippen molar-refractivity contribution in [2.75, 3.05) is 26.2 Å². The molecular formula is C68H61F3N+. The first-order chi connectivity index (χ1) is 35.0. The smallest absolute Gasteiger partial charge is 0.324 e. The molecule has 4 heteroatoms. The molecule has 358 valence electrons. The van der Waals surface area contributed by atoms with E-state index in [4.69, 9.17) is 0 Å². The highest BCUT2D eigenvalue weighted by atomic mass is 19.4. The zero-order chi connectivity index (χ0) is 49.3. The lowest BCUT2D eigenvalue weighted by atomic mass is 9.68. The van der Waals surface area contributed by atoms with Crippen LogP contribution < -0.4 is 0 Å². The van der Waals surface area contributed by atoms with E-state index in [9.17, 15) is 0 Å². The SMILES string of the molecule is Cc1ccc(-c2ccc(-c3ccc(-c4ccc(C(c5ccccc5)(c5ccc(-c6ccc(-c7ccc(-c8ccc(C9(C)CC[N+]%10(CCCCC%10)CC9)cc8)cc7)cc6)cc5)C(F)(F)F)cc4)cc3)cc2)cc1. The summed E-state index contributed by atoms with van der Waals surface area (Å²) in [6, 6.07) is 73.7. The molecule has 0 bridgehead atoms.